The number of benzene rings is 1. The zero-order valence-corrected chi connectivity index (χ0v) is 9.23. The maximum absolute atomic E-state index is 11.9. The summed E-state index contributed by atoms with van der Waals surface area (Å²) in [6.45, 7) is 0.797. The molecule has 1 atom stereocenters. The molecule has 0 N–H and O–H groups in total. The molecule has 1 unspecified atom stereocenters. The predicted octanol–water partition coefficient (Wildman–Crippen LogP) is 3.33. The van der Waals surface area contributed by atoms with Crippen LogP contribution in [0.1, 0.15) is 12.0 Å². The molecule has 0 aliphatic carbocycles. The minimum Gasteiger partial charge on any atom is -0.305 e. The molecule has 0 bridgehead atoms. The number of rotatable bonds is 3. The first-order valence-corrected chi connectivity index (χ1v) is 6.50. The van der Waals surface area contributed by atoms with Crippen LogP contribution >= 0.6 is 7.60 Å². The Bertz CT molecular complexity index is 386. The maximum Gasteiger partial charge on any atom is 0.354 e. The standard InChI is InChI=1S/C11H13O3P/c12-15(9-5-4-8-13-15)14-10-11-6-2-1-3-7-11/h1-3,5-7,9H,4,8,10H2. The van der Waals surface area contributed by atoms with Crippen molar-refractivity contribution in [2.45, 2.75) is 13.0 Å². The molecular formula is C11H13O3P. The van der Waals surface area contributed by atoms with E-state index >= 15 is 0 Å². The first kappa shape index (κ1) is 10.6. The van der Waals surface area contributed by atoms with Crippen LogP contribution in [0.15, 0.2) is 42.2 Å². The van der Waals surface area contributed by atoms with Crippen molar-refractivity contribution < 1.29 is 13.6 Å². The average molecular weight is 224 g/mol. The van der Waals surface area contributed by atoms with Gasteiger partial charge in [0.2, 0.25) is 0 Å². The van der Waals surface area contributed by atoms with Gasteiger partial charge in [0.15, 0.2) is 0 Å². The van der Waals surface area contributed by atoms with E-state index in [1.54, 1.807) is 5.82 Å². The molecule has 80 valence electrons. The Morgan fingerprint density at radius 3 is 2.80 bits per heavy atom. The lowest BCUT2D eigenvalue weighted by molar-refractivity contribution is 0.204. The molecule has 4 heteroatoms. The molecular weight excluding hydrogens is 211 g/mol. The minimum atomic E-state index is -2.96. The van der Waals surface area contributed by atoms with E-state index in [-0.39, 0.29) is 0 Å². The van der Waals surface area contributed by atoms with Gasteiger partial charge in [0.25, 0.3) is 0 Å². The van der Waals surface area contributed by atoms with Gasteiger partial charge in [-0.25, -0.2) is 0 Å². The molecule has 0 aromatic heterocycles. The first-order valence-electron chi connectivity index (χ1n) is 4.89. The third-order valence-corrected chi connectivity index (χ3v) is 3.71. The Balaban J connectivity index is 1.96. The molecule has 0 fully saturated rings. The van der Waals surface area contributed by atoms with E-state index in [0.717, 1.165) is 12.0 Å². The van der Waals surface area contributed by atoms with Gasteiger partial charge in [-0.1, -0.05) is 36.4 Å². The fourth-order valence-corrected chi connectivity index (χ4v) is 2.66. The maximum atomic E-state index is 11.9. The van der Waals surface area contributed by atoms with Crippen molar-refractivity contribution in [2.24, 2.45) is 0 Å². The van der Waals surface area contributed by atoms with Crippen molar-refractivity contribution in [2.75, 3.05) is 6.61 Å². The summed E-state index contributed by atoms with van der Waals surface area (Å²) in [6.07, 6.45) is 2.65. The van der Waals surface area contributed by atoms with Crippen LogP contribution in [0.4, 0.5) is 0 Å². The van der Waals surface area contributed by atoms with Crippen LogP contribution in [0.25, 0.3) is 0 Å². The molecule has 0 saturated heterocycles. The zero-order chi connectivity index (χ0) is 10.6. The van der Waals surface area contributed by atoms with Crippen LogP contribution < -0.4 is 0 Å². The summed E-state index contributed by atoms with van der Waals surface area (Å²) in [5.41, 5.74) is 0.996. The van der Waals surface area contributed by atoms with Gasteiger partial charge in [0, 0.05) is 5.82 Å². The van der Waals surface area contributed by atoms with Crippen LogP contribution in [-0.2, 0) is 20.2 Å². The molecule has 0 saturated carbocycles. The van der Waals surface area contributed by atoms with Crippen molar-refractivity contribution in [1.82, 2.24) is 0 Å². The molecule has 1 aliphatic rings. The average Bonchev–Trinajstić information content (AvgIpc) is 2.29. The second-order valence-electron chi connectivity index (χ2n) is 3.31. The van der Waals surface area contributed by atoms with Gasteiger partial charge in [0.05, 0.1) is 13.2 Å². The van der Waals surface area contributed by atoms with Gasteiger partial charge in [-0.2, -0.15) is 0 Å². The van der Waals surface area contributed by atoms with E-state index in [9.17, 15) is 4.57 Å². The molecule has 0 spiro atoms. The Hall–Kier alpha value is -0.890. The predicted molar refractivity (Wildman–Crippen MR) is 58.5 cm³/mol. The smallest absolute Gasteiger partial charge is 0.305 e. The lowest BCUT2D eigenvalue weighted by Gasteiger charge is -2.17. The number of hydrogen-bond donors (Lipinski definition) is 0. The third-order valence-electron chi connectivity index (χ3n) is 2.10. The largest absolute Gasteiger partial charge is 0.354 e. The van der Waals surface area contributed by atoms with E-state index in [0.29, 0.717) is 13.2 Å². The number of hydrogen-bond acceptors (Lipinski definition) is 3. The van der Waals surface area contributed by atoms with Crippen molar-refractivity contribution in [3.05, 3.63) is 47.8 Å². The lowest BCUT2D eigenvalue weighted by atomic mass is 10.2. The lowest BCUT2D eigenvalue weighted by Crippen LogP contribution is -1.99. The Kier molecular flexibility index (Phi) is 3.37. The molecule has 1 heterocycles. The summed E-state index contributed by atoms with van der Waals surface area (Å²) >= 11 is 0. The van der Waals surface area contributed by atoms with Crippen molar-refractivity contribution >= 4 is 7.60 Å². The fraction of sp³-hybridized carbons (Fsp3) is 0.273. The highest BCUT2D eigenvalue weighted by atomic mass is 31.2. The van der Waals surface area contributed by atoms with Gasteiger partial charge in [0.1, 0.15) is 0 Å². The van der Waals surface area contributed by atoms with Crippen molar-refractivity contribution in [3.63, 3.8) is 0 Å². The van der Waals surface area contributed by atoms with Gasteiger partial charge >= 0.3 is 7.60 Å². The summed E-state index contributed by atoms with van der Waals surface area (Å²) in [4.78, 5) is 0. The highest BCUT2D eigenvalue weighted by Gasteiger charge is 2.22. The van der Waals surface area contributed by atoms with E-state index in [4.69, 9.17) is 9.05 Å². The molecule has 1 aliphatic heterocycles. The van der Waals surface area contributed by atoms with E-state index in [1.165, 1.54) is 0 Å². The SMILES string of the molecule is O=P1(OCc2ccccc2)C=CCCO1. The minimum absolute atomic E-state index is 0.322. The summed E-state index contributed by atoms with van der Waals surface area (Å²) in [7, 11) is -2.96. The molecule has 0 radical (unpaired) electrons. The molecule has 1 aromatic carbocycles. The normalized spacial score (nSPS) is 25.3. The monoisotopic (exact) mass is 224 g/mol. The quantitative estimate of drug-likeness (QED) is 0.738. The van der Waals surface area contributed by atoms with Crippen LogP contribution in [0.2, 0.25) is 0 Å². The van der Waals surface area contributed by atoms with E-state index in [2.05, 4.69) is 0 Å². The Morgan fingerprint density at radius 2 is 2.13 bits per heavy atom. The van der Waals surface area contributed by atoms with Crippen LogP contribution in [0.3, 0.4) is 0 Å². The van der Waals surface area contributed by atoms with Crippen molar-refractivity contribution in [3.8, 4) is 0 Å². The highest BCUT2D eigenvalue weighted by molar-refractivity contribution is 7.57. The fourth-order valence-electron chi connectivity index (χ4n) is 1.31. The zero-order valence-electron chi connectivity index (χ0n) is 8.33. The highest BCUT2D eigenvalue weighted by Crippen LogP contribution is 2.52. The van der Waals surface area contributed by atoms with Gasteiger partial charge in [-0.05, 0) is 12.0 Å². The second kappa shape index (κ2) is 4.75. The topological polar surface area (TPSA) is 35.5 Å². The van der Waals surface area contributed by atoms with Gasteiger partial charge in [-0.3, -0.25) is 4.57 Å². The summed E-state index contributed by atoms with van der Waals surface area (Å²) in [5.74, 6) is 1.54. The van der Waals surface area contributed by atoms with Crippen molar-refractivity contribution in [1.29, 1.82) is 0 Å². The summed E-state index contributed by atoms with van der Waals surface area (Å²) in [5, 5.41) is 0. The summed E-state index contributed by atoms with van der Waals surface area (Å²) < 4.78 is 22.3. The molecule has 15 heavy (non-hydrogen) atoms. The third kappa shape index (κ3) is 3.03. The van der Waals surface area contributed by atoms with Crippen LogP contribution in [0.5, 0.6) is 0 Å². The van der Waals surface area contributed by atoms with Gasteiger partial charge < -0.3 is 9.05 Å². The van der Waals surface area contributed by atoms with Gasteiger partial charge in [-0.15, -0.1) is 0 Å². The first-order chi connectivity index (χ1) is 7.29. The molecule has 3 nitrogen and oxygen atoms in total. The molecule has 2 rings (SSSR count). The van der Waals surface area contributed by atoms with Crippen LogP contribution in [-0.4, -0.2) is 6.61 Å². The molecule has 1 aromatic rings. The van der Waals surface area contributed by atoms with E-state index in [1.807, 2.05) is 36.4 Å². The summed E-state index contributed by atoms with van der Waals surface area (Å²) in [6, 6.07) is 9.64. The molecule has 0 amide bonds. The Morgan fingerprint density at radius 1 is 1.33 bits per heavy atom. The van der Waals surface area contributed by atoms with Crippen LogP contribution in [0, 0.1) is 0 Å². The van der Waals surface area contributed by atoms with E-state index < -0.39 is 7.60 Å². The Labute approximate surface area is 89.3 Å². The second-order valence-corrected chi connectivity index (χ2v) is 5.20.